The molecule has 146 valence electrons. The lowest BCUT2D eigenvalue weighted by molar-refractivity contribution is -0.154. The minimum Gasteiger partial charge on any atom is -0.493 e. The van der Waals surface area contributed by atoms with Crippen LogP contribution in [0.15, 0.2) is 23.5 Å². The van der Waals surface area contributed by atoms with Crippen molar-refractivity contribution < 1.29 is 23.0 Å². The van der Waals surface area contributed by atoms with Gasteiger partial charge < -0.3 is 20.1 Å². The number of halogens is 3. The first-order valence-corrected chi connectivity index (χ1v) is 7.84. The largest absolute Gasteiger partial charge is 0.493 e. The molecule has 0 bridgehead atoms. The number of aromatic nitrogens is 3. The highest BCUT2D eigenvalue weighted by Gasteiger charge is 2.29. The van der Waals surface area contributed by atoms with Crippen LogP contribution in [0, 0.1) is 0 Å². The van der Waals surface area contributed by atoms with E-state index in [4.69, 9.17) is 0 Å². The third-order valence-corrected chi connectivity index (χ3v) is 3.41. The van der Waals surface area contributed by atoms with Crippen LogP contribution in [-0.2, 0) is 0 Å². The van der Waals surface area contributed by atoms with Crippen molar-refractivity contribution in [1.82, 2.24) is 25.2 Å². The minimum atomic E-state index is -4.56. The van der Waals surface area contributed by atoms with E-state index in [1.165, 1.54) is 12.3 Å². The second kappa shape index (κ2) is 8.62. The van der Waals surface area contributed by atoms with E-state index in [2.05, 4.69) is 36.7 Å². The van der Waals surface area contributed by atoms with Gasteiger partial charge in [0.25, 0.3) is 0 Å². The van der Waals surface area contributed by atoms with Crippen LogP contribution in [0.3, 0.4) is 0 Å². The minimum absolute atomic E-state index is 0.0999. The smallest absolute Gasteiger partial charge is 0.422 e. The fourth-order valence-electron chi connectivity index (χ4n) is 2.16. The molecule has 0 aliphatic heterocycles. The average Bonchev–Trinajstić information content (AvgIpc) is 2.62. The summed E-state index contributed by atoms with van der Waals surface area (Å²) < 4.78 is 41.6. The van der Waals surface area contributed by atoms with Gasteiger partial charge in [-0.3, -0.25) is 9.98 Å². The molecule has 0 aromatic carbocycles. The highest BCUT2D eigenvalue weighted by Crippen LogP contribution is 2.29. The van der Waals surface area contributed by atoms with Gasteiger partial charge in [0.2, 0.25) is 5.88 Å². The number of nitrogens with zero attached hydrogens (tertiary/aromatic N) is 5. The molecule has 0 radical (unpaired) electrons. The first-order valence-electron chi connectivity index (χ1n) is 7.84. The summed E-state index contributed by atoms with van der Waals surface area (Å²) in [4.78, 5) is 17.4. The number of hydrogen-bond acceptors (Lipinski definition) is 8. The van der Waals surface area contributed by atoms with Gasteiger partial charge in [-0.15, -0.1) is 0 Å². The number of rotatable bonds is 8. The highest BCUT2D eigenvalue weighted by molar-refractivity contribution is 5.92. The molecule has 2 aromatic heterocycles. The molecule has 0 amide bonds. The van der Waals surface area contributed by atoms with E-state index >= 15 is 0 Å². The molecule has 11 heteroatoms. The summed E-state index contributed by atoms with van der Waals surface area (Å²) in [5.74, 6) is -0.521. The van der Waals surface area contributed by atoms with Gasteiger partial charge in [0.1, 0.15) is 16.9 Å². The lowest BCUT2D eigenvalue weighted by Crippen LogP contribution is -2.23. The average molecular weight is 384 g/mol. The molecular formula is C16H19F3N6O2. The van der Waals surface area contributed by atoms with Crippen LogP contribution < -0.4 is 10.1 Å². The van der Waals surface area contributed by atoms with Crippen LogP contribution in [0.2, 0.25) is 0 Å². The summed E-state index contributed by atoms with van der Waals surface area (Å²) in [5.41, 5.74) is 0.662. The van der Waals surface area contributed by atoms with Crippen molar-refractivity contribution >= 4 is 23.3 Å². The molecule has 0 aliphatic carbocycles. The molecule has 0 unspecified atom stereocenters. The Labute approximate surface area is 153 Å². The van der Waals surface area contributed by atoms with Gasteiger partial charge in [0.05, 0.1) is 5.39 Å². The predicted octanol–water partition coefficient (Wildman–Crippen LogP) is 1.82. The predicted molar refractivity (Wildman–Crippen MR) is 94.6 cm³/mol. The van der Waals surface area contributed by atoms with Crippen molar-refractivity contribution in [3.8, 4) is 11.9 Å². The molecule has 8 nitrogen and oxygen atoms in total. The lowest BCUT2D eigenvalue weighted by atomic mass is 10.2. The Hall–Kier alpha value is -2.95. The van der Waals surface area contributed by atoms with Crippen LogP contribution in [-0.4, -0.2) is 71.6 Å². The molecule has 2 aromatic rings. The summed E-state index contributed by atoms with van der Waals surface area (Å²) in [6.07, 6.45) is -1.49. The van der Waals surface area contributed by atoms with Gasteiger partial charge in [0.15, 0.2) is 6.61 Å². The molecule has 0 saturated heterocycles. The number of fused-ring (bicyclic) bond motifs is 1. The molecule has 0 saturated carbocycles. The Bertz CT molecular complexity index is 841. The Morgan fingerprint density at radius 1 is 1.44 bits per heavy atom. The van der Waals surface area contributed by atoms with Crippen LogP contribution in [0.4, 0.5) is 13.2 Å². The molecule has 2 N–H and O–H groups in total. The van der Waals surface area contributed by atoms with Crippen molar-refractivity contribution in [3.05, 3.63) is 24.2 Å². The molecule has 27 heavy (non-hydrogen) atoms. The molecule has 2 heterocycles. The van der Waals surface area contributed by atoms with Crippen molar-refractivity contribution in [2.45, 2.75) is 6.18 Å². The fraction of sp³-hybridized carbons (Fsp3) is 0.375. The van der Waals surface area contributed by atoms with Crippen LogP contribution in [0.1, 0.15) is 5.69 Å². The molecule has 0 fully saturated rings. The standard InChI is InChI=1S/C16H19F3N6O2/c1-20-6-7-25(3)8-11(21-2)13-12-10(4-5-22-13)14(26)24-15(23-12)27-9-16(17,18)19/h4-5,8,20H,2,6-7,9H2,1,3H3,(H,23,24,26)/b11-8-. The lowest BCUT2D eigenvalue weighted by Gasteiger charge is -2.15. The van der Waals surface area contributed by atoms with E-state index in [0.717, 1.165) is 6.54 Å². The topological polar surface area (TPSA) is 95.8 Å². The van der Waals surface area contributed by atoms with Crippen LogP contribution in [0.25, 0.3) is 16.6 Å². The van der Waals surface area contributed by atoms with E-state index in [-0.39, 0.29) is 16.6 Å². The summed E-state index contributed by atoms with van der Waals surface area (Å²) in [6.45, 7) is 3.31. The molecule has 0 atom stereocenters. The first-order chi connectivity index (χ1) is 12.7. The van der Waals surface area contributed by atoms with Gasteiger partial charge in [-0.2, -0.15) is 23.1 Å². The second-order valence-electron chi connectivity index (χ2n) is 5.55. The van der Waals surface area contributed by atoms with E-state index in [1.54, 1.807) is 6.20 Å². The first kappa shape index (κ1) is 20.4. The van der Waals surface area contributed by atoms with Crippen LogP contribution in [0.5, 0.6) is 11.9 Å². The zero-order chi connectivity index (χ0) is 20.0. The van der Waals surface area contributed by atoms with Gasteiger partial charge in [-0.1, -0.05) is 0 Å². The summed E-state index contributed by atoms with van der Waals surface area (Å²) in [5, 5.41) is 13.2. The summed E-state index contributed by atoms with van der Waals surface area (Å²) in [6, 6.07) is 0.825. The highest BCUT2D eigenvalue weighted by atomic mass is 19.4. The van der Waals surface area contributed by atoms with Crippen molar-refractivity contribution in [1.29, 1.82) is 0 Å². The number of aliphatic imine (C=N–C) groups is 1. The maximum atomic E-state index is 12.4. The third kappa shape index (κ3) is 5.51. The Kier molecular flexibility index (Phi) is 6.50. The maximum Gasteiger partial charge on any atom is 0.422 e. The Morgan fingerprint density at radius 2 is 2.19 bits per heavy atom. The normalized spacial score (nSPS) is 12.3. The molecular weight excluding hydrogens is 365 g/mol. The summed E-state index contributed by atoms with van der Waals surface area (Å²) in [7, 11) is 3.64. The van der Waals surface area contributed by atoms with E-state index in [9.17, 15) is 18.3 Å². The van der Waals surface area contributed by atoms with Crippen molar-refractivity contribution in [3.63, 3.8) is 0 Å². The Morgan fingerprint density at radius 3 is 2.81 bits per heavy atom. The molecule has 0 aliphatic rings. The molecule has 0 spiro atoms. The maximum absolute atomic E-state index is 12.4. The number of ether oxygens (including phenoxy) is 1. The number of alkyl halides is 3. The van der Waals surface area contributed by atoms with Crippen molar-refractivity contribution in [2.24, 2.45) is 4.99 Å². The van der Waals surface area contributed by atoms with Crippen molar-refractivity contribution in [2.75, 3.05) is 33.8 Å². The number of hydrogen-bond donors (Lipinski definition) is 2. The second-order valence-corrected chi connectivity index (χ2v) is 5.55. The number of likely N-dealkylation sites (N-methyl/N-ethyl adjacent to an activating group) is 2. The van der Waals surface area contributed by atoms with Gasteiger partial charge in [0, 0.05) is 32.5 Å². The van der Waals surface area contributed by atoms with E-state index in [0.29, 0.717) is 12.2 Å². The van der Waals surface area contributed by atoms with Gasteiger partial charge >= 0.3 is 12.2 Å². The van der Waals surface area contributed by atoms with E-state index < -0.39 is 24.7 Å². The third-order valence-electron chi connectivity index (χ3n) is 3.41. The number of nitrogens with one attached hydrogen (secondary N) is 1. The van der Waals surface area contributed by atoms with Gasteiger partial charge in [-0.25, -0.2) is 0 Å². The SMILES string of the molecule is C=N/C(=C\N(C)CCNC)c1nccc2c(O)nc(OCC(F)(F)F)nc12. The summed E-state index contributed by atoms with van der Waals surface area (Å²) >= 11 is 0. The number of pyridine rings is 1. The zero-order valence-corrected chi connectivity index (χ0v) is 14.8. The molecule has 2 rings (SSSR count). The van der Waals surface area contributed by atoms with E-state index in [1.807, 2.05) is 19.0 Å². The quantitative estimate of drug-likeness (QED) is 0.670. The van der Waals surface area contributed by atoms with Gasteiger partial charge in [-0.05, 0) is 19.8 Å². The van der Waals surface area contributed by atoms with Crippen LogP contribution >= 0.6 is 0 Å². The zero-order valence-electron chi connectivity index (χ0n) is 14.8. The fourth-order valence-corrected chi connectivity index (χ4v) is 2.16. The number of aromatic hydroxyl groups is 1. The monoisotopic (exact) mass is 384 g/mol. The Balaban J connectivity index is 2.47.